The number of hydrogen-bond donors (Lipinski definition) is 1. The van der Waals surface area contributed by atoms with Crippen molar-refractivity contribution >= 4 is 29.0 Å². The molecule has 0 unspecified atom stereocenters. The number of benzene rings is 1. The molecule has 1 aliphatic heterocycles. The summed E-state index contributed by atoms with van der Waals surface area (Å²) in [6, 6.07) is 14.9. The van der Waals surface area contributed by atoms with Gasteiger partial charge < -0.3 is 5.32 Å². The highest BCUT2D eigenvalue weighted by molar-refractivity contribution is 7.13. The number of nitrogens with zero attached hydrogens (tertiary/aromatic N) is 4. The van der Waals surface area contributed by atoms with Crippen LogP contribution in [0.1, 0.15) is 37.9 Å². The van der Waals surface area contributed by atoms with Crippen LogP contribution < -0.4 is 10.2 Å². The number of hydrogen-bond acceptors (Lipinski definition) is 6. The molecule has 8 heteroatoms. The van der Waals surface area contributed by atoms with Crippen molar-refractivity contribution in [2.45, 2.75) is 25.3 Å². The fraction of sp³-hybridized carbons (Fsp3) is 0.227. The zero-order valence-corrected chi connectivity index (χ0v) is 17.1. The molecule has 150 valence electrons. The first-order valence-corrected chi connectivity index (χ1v) is 10.3. The van der Waals surface area contributed by atoms with Crippen molar-refractivity contribution in [1.82, 2.24) is 15.3 Å². The zero-order chi connectivity index (χ0) is 21.1. The molecule has 0 saturated heterocycles. The molecule has 3 heterocycles. The molecule has 1 atom stereocenters. The van der Waals surface area contributed by atoms with Crippen LogP contribution in [0.3, 0.4) is 0 Å². The number of fused-ring (bicyclic) bond motifs is 1. The summed E-state index contributed by atoms with van der Waals surface area (Å²) in [6.45, 7) is 0. The van der Waals surface area contributed by atoms with Crippen molar-refractivity contribution in [2.24, 2.45) is 0 Å². The van der Waals surface area contributed by atoms with Gasteiger partial charge in [0.25, 0.3) is 5.91 Å². The first-order chi connectivity index (χ1) is 14.6. The van der Waals surface area contributed by atoms with Crippen LogP contribution in [-0.4, -0.2) is 34.9 Å². The summed E-state index contributed by atoms with van der Waals surface area (Å²) in [5.41, 5.74) is 2.25. The van der Waals surface area contributed by atoms with Crippen LogP contribution in [0.15, 0.2) is 48.7 Å². The second-order valence-electron chi connectivity index (χ2n) is 7.01. The van der Waals surface area contributed by atoms with Crippen molar-refractivity contribution in [3.8, 4) is 6.07 Å². The Bertz CT molecular complexity index is 1140. The van der Waals surface area contributed by atoms with E-state index in [-0.39, 0.29) is 16.6 Å². The van der Waals surface area contributed by atoms with Gasteiger partial charge in [0.2, 0.25) is 5.91 Å². The molecule has 30 heavy (non-hydrogen) atoms. The zero-order valence-electron chi connectivity index (χ0n) is 16.3. The summed E-state index contributed by atoms with van der Waals surface area (Å²) >= 11 is 1.19. The summed E-state index contributed by atoms with van der Waals surface area (Å²) in [7, 11) is 1.66. The summed E-state index contributed by atoms with van der Waals surface area (Å²) in [5.74, 6) is -0.0470. The topological polar surface area (TPSA) is 99.0 Å². The monoisotopic (exact) mass is 417 g/mol. The molecular weight excluding hydrogens is 398 g/mol. The minimum Gasteiger partial charge on any atom is -0.338 e. The predicted molar refractivity (Wildman–Crippen MR) is 113 cm³/mol. The average molecular weight is 417 g/mol. The van der Waals surface area contributed by atoms with Gasteiger partial charge in [-0.05, 0) is 30.0 Å². The SMILES string of the molecule is CN1C(=O)[C@@H](NC(=O)c2nc(C#N)c(Cc3ccccc3)s2)CCc2cccnc21. The highest BCUT2D eigenvalue weighted by Crippen LogP contribution is 2.25. The number of amides is 2. The summed E-state index contributed by atoms with van der Waals surface area (Å²) in [4.78, 5) is 36.4. The highest BCUT2D eigenvalue weighted by Gasteiger charge is 2.31. The normalized spacial score (nSPS) is 15.8. The van der Waals surface area contributed by atoms with Crippen LogP contribution >= 0.6 is 11.3 Å². The van der Waals surface area contributed by atoms with Gasteiger partial charge in [-0.1, -0.05) is 36.4 Å². The molecule has 0 fully saturated rings. The molecule has 0 spiro atoms. The van der Waals surface area contributed by atoms with Crippen LogP contribution in [0, 0.1) is 11.3 Å². The number of nitriles is 1. The Morgan fingerprint density at radius 3 is 2.87 bits per heavy atom. The molecule has 4 rings (SSSR count). The first kappa shape index (κ1) is 19.7. The van der Waals surface area contributed by atoms with Gasteiger partial charge in [-0.15, -0.1) is 11.3 Å². The Morgan fingerprint density at radius 1 is 1.30 bits per heavy atom. The fourth-order valence-electron chi connectivity index (χ4n) is 3.48. The molecule has 2 amide bonds. The summed E-state index contributed by atoms with van der Waals surface area (Å²) in [5, 5.41) is 12.4. The Hall–Kier alpha value is -3.57. The van der Waals surface area contributed by atoms with Gasteiger partial charge in [-0.3, -0.25) is 14.5 Å². The van der Waals surface area contributed by atoms with Crippen LogP contribution in [-0.2, 0) is 17.6 Å². The summed E-state index contributed by atoms with van der Waals surface area (Å²) < 4.78 is 0. The molecule has 7 nitrogen and oxygen atoms in total. The average Bonchev–Trinajstić information content (AvgIpc) is 3.14. The van der Waals surface area contributed by atoms with E-state index in [9.17, 15) is 14.9 Å². The molecule has 1 aromatic carbocycles. The van der Waals surface area contributed by atoms with Gasteiger partial charge in [0.15, 0.2) is 10.7 Å². The predicted octanol–water partition coefficient (Wildman–Crippen LogP) is 2.71. The van der Waals surface area contributed by atoms with Crippen molar-refractivity contribution < 1.29 is 9.59 Å². The van der Waals surface area contributed by atoms with Crippen molar-refractivity contribution in [2.75, 3.05) is 11.9 Å². The Balaban J connectivity index is 1.52. The quantitative estimate of drug-likeness (QED) is 0.704. The number of likely N-dealkylation sites (N-methyl/N-ethyl adjacent to an activating group) is 1. The number of rotatable bonds is 4. The van der Waals surface area contributed by atoms with E-state index in [0.717, 1.165) is 16.0 Å². The second-order valence-corrected chi connectivity index (χ2v) is 8.10. The molecule has 3 aromatic rings. The minimum absolute atomic E-state index is 0.188. The van der Waals surface area contributed by atoms with Crippen LogP contribution in [0.5, 0.6) is 0 Å². The first-order valence-electron chi connectivity index (χ1n) is 9.53. The van der Waals surface area contributed by atoms with Gasteiger partial charge >= 0.3 is 0 Å². The van der Waals surface area contributed by atoms with E-state index in [1.54, 1.807) is 13.2 Å². The lowest BCUT2D eigenvalue weighted by Gasteiger charge is -2.20. The molecular formula is C22H19N5O2S. The standard InChI is InChI=1S/C22H19N5O2S/c1-27-19-15(8-5-11-24-19)9-10-16(22(27)29)25-20(28)21-26-17(13-23)18(30-21)12-14-6-3-2-4-7-14/h2-8,11,16H,9-10,12H2,1H3,(H,25,28)/t16-/m0/s1. The lowest BCUT2D eigenvalue weighted by atomic mass is 10.1. The second kappa shape index (κ2) is 8.43. The highest BCUT2D eigenvalue weighted by atomic mass is 32.1. The lowest BCUT2D eigenvalue weighted by Crippen LogP contribution is -2.46. The maximum absolute atomic E-state index is 12.8. The number of thiazole rings is 1. The van der Waals surface area contributed by atoms with Crippen LogP contribution in [0.2, 0.25) is 0 Å². The molecule has 0 saturated carbocycles. The van der Waals surface area contributed by atoms with Gasteiger partial charge in [0.05, 0.1) is 0 Å². The maximum Gasteiger partial charge on any atom is 0.280 e. The van der Waals surface area contributed by atoms with Gasteiger partial charge in [-0.25, -0.2) is 9.97 Å². The third-order valence-corrected chi connectivity index (χ3v) is 6.08. The van der Waals surface area contributed by atoms with Crippen molar-refractivity contribution in [3.63, 3.8) is 0 Å². The third kappa shape index (κ3) is 3.93. The number of anilines is 1. The van der Waals surface area contributed by atoms with E-state index in [4.69, 9.17) is 0 Å². The number of carbonyl (C=O) groups is 2. The van der Waals surface area contributed by atoms with E-state index in [2.05, 4.69) is 21.4 Å². The van der Waals surface area contributed by atoms with Crippen molar-refractivity contribution in [3.05, 3.63) is 75.4 Å². The maximum atomic E-state index is 12.8. The van der Waals surface area contributed by atoms with E-state index in [1.165, 1.54) is 16.2 Å². The Labute approximate surface area is 178 Å². The molecule has 2 aromatic heterocycles. The third-order valence-electron chi connectivity index (χ3n) is 5.03. The fourth-order valence-corrected chi connectivity index (χ4v) is 4.43. The number of pyridine rings is 1. The Morgan fingerprint density at radius 2 is 2.10 bits per heavy atom. The van der Waals surface area contributed by atoms with Crippen molar-refractivity contribution in [1.29, 1.82) is 5.26 Å². The smallest absolute Gasteiger partial charge is 0.280 e. The Kier molecular flexibility index (Phi) is 5.55. The van der Waals surface area contributed by atoms with Gasteiger partial charge in [0.1, 0.15) is 17.9 Å². The van der Waals surface area contributed by atoms with Crippen LogP contribution in [0.25, 0.3) is 0 Å². The molecule has 0 aliphatic carbocycles. The molecule has 1 N–H and O–H groups in total. The largest absolute Gasteiger partial charge is 0.338 e. The van der Waals surface area contributed by atoms with E-state index >= 15 is 0 Å². The number of aromatic nitrogens is 2. The number of nitrogens with one attached hydrogen (secondary N) is 1. The van der Waals surface area contributed by atoms with E-state index < -0.39 is 11.9 Å². The molecule has 1 aliphatic rings. The van der Waals surface area contributed by atoms with Gasteiger partial charge in [-0.2, -0.15) is 5.26 Å². The lowest BCUT2D eigenvalue weighted by molar-refractivity contribution is -0.120. The molecule has 0 bridgehead atoms. The van der Waals surface area contributed by atoms with E-state index in [1.807, 2.05) is 42.5 Å². The number of carbonyl (C=O) groups excluding carboxylic acids is 2. The van der Waals surface area contributed by atoms with Crippen LogP contribution in [0.4, 0.5) is 5.82 Å². The number of aryl methyl sites for hydroxylation is 1. The minimum atomic E-state index is -0.677. The molecule has 0 radical (unpaired) electrons. The van der Waals surface area contributed by atoms with E-state index in [0.29, 0.717) is 25.1 Å². The summed E-state index contributed by atoms with van der Waals surface area (Å²) in [6.07, 6.45) is 3.28. The van der Waals surface area contributed by atoms with Gasteiger partial charge in [0, 0.05) is 24.5 Å².